The number of hydrogen-bond acceptors (Lipinski definition) is 7. The maximum atomic E-state index is 11.2. The molecule has 8 heteroatoms. The van der Waals surface area contributed by atoms with Crippen molar-refractivity contribution in [1.82, 2.24) is 9.97 Å². The Bertz CT molecular complexity index is 500. The number of hydrogen-bond donors (Lipinski definition) is 1. The fourth-order valence-electron chi connectivity index (χ4n) is 2.48. The van der Waals surface area contributed by atoms with Crippen molar-refractivity contribution in [3.8, 4) is 0 Å². The molecule has 2 heterocycles. The zero-order chi connectivity index (χ0) is 14.7. The van der Waals surface area contributed by atoms with Crippen LogP contribution in [0.3, 0.4) is 0 Å². The molecule has 0 unspecified atom stereocenters. The van der Waals surface area contributed by atoms with Crippen LogP contribution in [0.5, 0.6) is 0 Å². The van der Waals surface area contributed by atoms with E-state index in [0.29, 0.717) is 31.2 Å². The number of nitrogens with two attached hydrogens (primary N) is 1. The van der Waals surface area contributed by atoms with Crippen molar-refractivity contribution in [3.63, 3.8) is 0 Å². The van der Waals surface area contributed by atoms with E-state index in [1.165, 1.54) is 0 Å². The molecule has 8 nitrogen and oxygen atoms in total. The standard InChI is InChI=1S/C12H19N5O3/c1-3-20-9-4-6-16(7-5-9)11-10(17(18)19)8(2)14-12(13)15-11/h9H,3-7H2,1-2H3,(H2,13,14,15). The Labute approximate surface area is 117 Å². The lowest BCUT2D eigenvalue weighted by Crippen LogP contribution is -2.38. The van der Waals surface area contributed by atoms with Gasteiger partial charge < -0.3 is 15.4 Å². The largest absolute Gasteiger partial charge is 0.378 e. The Morgan fingerprint density at radius 2 is 2.10 bits per heavy atom. The summed E-state index contributed by atoms with van der Waals surface area (Å²) >= 11 is 0. The number of nitrogen functional groups attached to an aromatic ring is 1. The van der Waals surface area contributed by atoms with E-state index in [4.69, 9.17) is 10.5 Å². The predicted octanol–water partition coefficient (Wildman–Crippen LogP) is 1.28. The number of nitro groups is 1. The van der Waals surface area contributed by atoms with Crippen molar-refractivity contribution < 1.29 is 9.66 Å². The third-order valence-corrected chi connectivity index (χ3v) is 3.38. The Kier molecular flexibility index (Phi) is 4.33. The molecule has 0 atom stereocenters. The van der Waals surface area contributed by atoms with E-state index < -0.39 is 4.92 Å². The van der Waals surface area contributed by atoms with Gasteiger partial charge >= 0.3 is 5.69 Å². The molecule has 1 aliphatic rings. The third kappa shape index (κ3) is 2.96. The monoisotopic (exact) mass is 281 g/mol. The Morgan fingerprint density at radius 1 is 1.45 bits per heavy atom. The fraction of sp³-hybridized carbons (Fsp3) is 0.667. The zero-order valence-corrected chi connectivity index (χ0v) is 11.7. The molecule has 0 spiro atoms. The molecule has 2 rings (SSSR count). The smallest absolute Gasteiger partial charge is 0.332 e. The van der Waals surface area contributed by atoms with Crippen LogP contribution >= 0.6 is 0 Å². The molecule has 1 aromatic heterocycles. The van der Waals surface area contributed by atoms with Gasteiger partial charge in [0.05, 0.1) is 11.0 Å². The Hall–Kier alpha value is -1.96. The molecular weight excluding hydrogens is 262 g/mol. The van der Waals surface area contributed by atoms with E-state index >= 15 is 0 Å². The molecule has 1 aliphatic heterocycles. The first kappa shape index (κ1) is 14.4. The van der Waals surface area contributed by atoms with Crippen LogP contribution in [-0.4, -0.2) is 40.7 Å². The summed E-state index contributed by atoms with van der Waals surface area (Å²) in [5.74, 6) is 0.380. The lowest BCUT2D eigenvalue weighted by Gasteiger charge is -2.32. The number of ether oxygens (including phenoxy) is 1. The van der Waals surface area contributed by atoms with Gasteiger partial charge in [0, 0.05) is 19.7 Å². The van der Waals surface area contributed by atoms with Gasteiger partial charge in [-0.2, -0.15) is 4.98 Å². The second kappa shape index (κ2) is 6.00. The topological polar surface area (TPSA) is 107 Å². The second-order valence-electron chi connectivity index (χ2n) is 4.74. The Morgan fingerprint density at radius 3 is 2.65 bits per heavy atom. The van der Waals surface area contributed by atoms with Crippen LogP contribution < -0.4 is 10.6 Å². The Balaban J connectivity index is 2.23. The molecular formula is C12H19N5O3. The first-order chi connectivity index (χ1) is 9.52. The molecule has 0 amide bonds. The van der Waals surface area contributed by atoms with Crippen molar-refractivity contribution in [2.75, 3.05) is 30.3 Å². The van der Waals surface area contributed by atoms with Crippen molar-refractivity contribution in [2.45, 2.75) is 32.8 Å². The third-order valence-electron chi connectivity index (χ3n) is 3.38. The molecule has 0 radical (unpaired) electrons. The SMILES string of the molecule is CCOC1CCN(c2nc(N)nc(C)c2[N+](=O)[O-])CC1. The van der Waals surface area contributed by atoms with Gasteiger partial charge in [0.25, 0.3) is 0 Å². The van der Waals surface area contributed by atoms with Crippen LogP contribution in [0.1, 0.15) is 25.5 Å². The zero-order valence-electron chi connectivity index (χ0n) is 11.7. The fourth-order valence-corrected chi connectivity index (χ4v) is 2.48. The van der Waals surface area contributed by atoms with E-state index in [1.54, 1.807) is 6.92 Å². The van der Waals surface area contributed by atoms with Crippen LogP contribution in [0.15, 0.2) is 0 Å². The number of rotatable bonds is 4. The summed E-state index contributed by atoms with van der Waals surface area (Å²) in [7, 11) is 0. The minimum Gasteiger partial charge on any atom is -0.378 e. The summed E-state index contributed by atoms with van der Waals surface area (Å²) in [5, 5.41) is 11.2. The average Bonchev–Trinajstić information content (AvgIpc) is 2.38. The van der Waals surface area contributed by atoms with Crippen molar-refractivity contribution in [2.24, 2.45) is 0 Å². The van der Waals surface area contributed by atoms with E-state index in [-0.39, 0.29) is 17.7 Å². The molecule has 2 N–H and O–H groups in total. The molecule has 0 bridgehead atoms. The van der Waals surface area contributed by atoms with E-state index in [1.807, 2.05) is 11.8 Å². The van der Waals surface area contributed by atoms with Crippen LogP contribution in [0.25, 0.3) is 0 Å². The predicted molar refractivity (Wildman–Crippen MR) is 74.7 cm³/mol. The van der Waals surface area contributed by atoms with E-state index in [2.05, 4.69) is 9.97 Å². The maximum Gasteiger partial charge on any atom is 0.332 e. The molecule has 1 fully saturated rings. The molecule has 1 saturated heterocycles. The number of nitrogens with zero attached hydrogens (tertiary/aromatic N) is 4. The molecule has 110 valence electrons. The summed E-state index contributed by atoms with van der Waals surface area (Å²) in [6.07, 6.45) is 1.87. The van der Waals surface area contributed by atoms with Gasteiger partial charge in [-0.15, -0.1) is 0 Å². The highest BCUT2D eigenvalue weighted by atomic mass is 16.6. The van der Waals surface area contributed by atoms with Gasteiger partial charge in [0.15, 0.2) is 0 Å². The highest BCUT2D eigenvalue weighted by Gasteiger charge is 2.29. The summed E-state index contributed by atoms with van der Waals surface area (Å²) < 4.78 is 5.57. The van der Waals surface area contributed by atoms with Crippen LogP contribution in [0.4, 0.5) is 17.5 Å². The number of aryl methyl sites for hydroxylation is 1. The quantitative estimate of drug-likeness (QED) is 0.654. The summed E-state index contributed by atoms with van der Waals surface area (Å²) in [6, 6.07) is 0. The average molecular weight is 281 g/mol. The lowest BCUT2D eigenvalue weighted by atomic mass is 10.1. The van der Waals surface area contributed by atoms with Gasteiger partial charge in [-0.25, -0.2) is 4.98 Å². The van der Waals surface area contributed by atoms with Gasteiger partial charge in [0.1, 0.15) is 5.69 Å². The first-order valence-corrected chi connectivity index (χ1v) is 6.68. The molecule has 0 aromatic carbocycles. The normalized spacial score (nSPS) is 16.4. The summed E-state index contributed by atoms with van der Waals surface area (Å²) in [6.45, 7) is 5.56. The van der Waals surface area contributed by atoms with Gasteiger partial charge in [-0.3, -0.25) is 10.1 Å². The van der Waals surface area contributed by atoms with Gasteiger partial charge in [-0.1, -0.05) is 0 Å². The van der Waals surface area contributed by atoms with Crippen molar-refractivity contribution in [1.29, 1.82) is 0 Å². The van der Waals surface area contributed by atoms with Crippen LogP contribution in [-0.2, 0) is 4.74 Å². The minimum absolute atomic E-state index is 0.0611. The maximum absolute atomic E-state index is 11.2. The number of anilines is 2. The van der Waals surface area contributed by atoms with Gasteiger partial charge in [-0.05, 0) is 26.7 Å². The van der Waals surface area contributed by atoms with Crippen LogP contribution in [0, 0.1) is 17.0 Å². The van der Waals surface area contributed by atoms with Gasteiger partial charge in [0.2, 0.25) is 11.8 Å². The highest BCUT2D eigenvalue weighted by molar-refractivity contribution is 5.62. The molecule has 0 saturated carbocycles. The number of aromatic nitrogens is 2. The van der Waals surface area contributed by atoms with Crippen LogP contribution in [0.2, 0.25) is 0 Å². The number of piperidine rings is 1. The van der Waals surface area contributed by atoms with E-state index in [9.17, 15) is 10.1 Å². The first-order valence-electron chi connectivity index (χ1n) is 6.68. The second-order valence-corrected chi connectivity index (χ2v) is 4.74. The minimum atomic E-state index is -0.446. The molecule has 1 aromatic rings. The molecule has 20 heavy (non-hydrogen) atoms. The lowest BCUT2D eigenvalue weighted by molar-refractivity contribution is -0.385. The van der Waals surface area contributed by atoms with Crippen molar-refractivity contribution in [3.05, 3.63) is 15.8 Å². The van der Waals surface area contributed by atoms with E-state index in [0.717, 1.165) is 12.8 Å². The highest BCUT2D eigenvalue weighted by Crippen LogP contribution is 2.31. The summed E-state index contributed by atoms with van der Waals surface area (Å²) in [5.41, 5.74) is 5.85. The molecule has 0 aliphatic carbocycles. The van der Waals surface area contributed by atoms with Crippen molar-refractivity contribution >= 4 is 17.5 Å². The summed E-state index contributed by atoms with van der Waals surface area (Å²) in [4.78, 5) is 20.6.